The summed E-state index contributed by atoms with van der Waals surface area (Å²) in [5.74, 6) is -0.451. The van der Waals surface area contributed by atoms with Crippen LogP contribution in [0.4, 0.5) is 10.8 Å². The first-order valence-corrected chi connectivity index (χ1v) is 12.3. The number of thiazole rings is 1. The molecule has 0 saturated heterocycles. The number of para-hydroxylation sites is 1. The Morgan fingerprint density at radius 2 is 1.88 bits per heavy atom. The molecule has 1 N–H and O–H groups in total. The van der Waals surface area contributed by atoms with Gasteiger partial charge in [0.05, 0.1) is 27.5 Å². The van der Waals surface area contributed by atoms with Crippen molar-refractivity contribution >= 4 is 49.7 Å². The van der Waals surface area contributed by atoms with Crippen LogP contribution >= 0.6 is 23.1 Å². The normalized spacial score (nSPS) is 11.3. The fraction of sp³-hybridized carbons (Fsp3) is 0.0556. The number of hydrogen-bond donors (Lipinski definition) is 1. The maximum absolute atomic E-state index is 12.7. The first-order chi connectivity index (χ1) is 15.8. The third-order valence-corrected chi connectivity index (χ3v) is 8.19. The van der Waals surface area contributed by atoms with Gasteiger partial charge in [-0.1, -0.05) is 41.3 Å². The molecule has 0 aliphatic heterocycles. The molecule has 33 heavy (non-hydrogen) atoms. The molecule has 0 aliphatic carbocycles. The number of nitrogens with zero attached hydrogens (tertiary/aromatic N) is 6. The molecule has 4 rings (SSSR count). The summed E-state index contributed by atoms with van der Waals surface area (Å²) in [6.07, 6.45) is 1.13. The number of non-ortho nitro benzene ring substituents is 1. The number of rotatable bonds is 8. The quantitative estimate of drug-likeness (QED) is 0.215. The second-order valence-corrected chi connectivity index (χ2v) is 10.4. The largest absolute Gasteiger partial charge is 0.301 e. The fourth-order valence-corrected chi connectivity index (χ4v) is 5.73. The van der Waals surface area contributed by atoms with Gasteiger partial charge in [-0.15, -0.1) is 5.10 Å². The summed E-state index contributed by atoms with van der Waals surface area (Å²) in [6, 6.07) is 13.7. The maximum Gasteiger partial charge on any atom is 0.269 e. The van der Waals surface area contributed by atoms with Gasteiger partial charge in [-0.2, -0.15) is 4.68 Å². The smallest absolute Gasteiger partial charge is 0.269 e. The van der Waals surface area contributed by atoms with E-state index in [1.807, 2.05) is 30.3 Å². The SMILES string of the molecule is O=C(CSc1nnnn1-c1ccccc1)Nc1ncc(S(=O)(=O)c2ccc([N+](=O)[O-])cc2)s1. The number of anilines is 1. The van der Waals surface area contributed by atoms with Gasteiger partial charge in [-0.3, -0.25) is 14.9 Å². The minimum Gasteiger partial charge on any atom is -0.301 e. The van der Waals surface area contributed by atoms with Gasteiger partial charge in [0.15, 0.2) is 5.13 Å². The fourth-order valence-electron chi connectivity index (χ4n) is 2.59. The number of nitrogens with one attached hydrogen (secondary N) is 1. The second-order valence-electron chi connectivity index (χ2n) is 6.28. The average molecular weight is 504 g/mol. The second kappa shape index (κ2) is 9.43. The zero-order valence-corrected chi connectivity index (χ0v) is 18.9. The molecule has 15 heteroatoms. The van der Waals surface area contributed by atoms with Crippen molar-refractivity contribution in [2.45, 2.75) is 14.3 Å². The Morgan fingerprint density at radius 1 is 1.15 bits per heavy atom. The third-order valence-electron chi connectivity index (χ3n) is 4.13. The first-order valence-electron chi connectivity index (χ1n) is 9.06. The van der Waals surface area contributed by atoms with Crippen LogP contribution in [0, 0.1) is 10.1 Å². The number of amides is 1. The summed E-state index contributed by atoms with van der Waals surface area (Å²) < 4.78 is 26.8. The van der Waals surface area contributed by atoms with E-state index in [1.54, 1.807) is 0 Å². The molecule has 0 aliphatic rings. The van der Waals surface area contributed by atoms with Gasteiger partial charge in [0.25, 0.3) is 5.69 Å². The molecule has 2 aromatic heterocycles. The van der Waals surface area contributed by atoms with E-state index in [0.29, 0.717) is 5.16 Å². The molecule has 2 aromatic carbocycles. The van der Waals surface area contributed by atoms with Crippen LogP contribution in [0.1, 0.15) is 0 Å². The van der Waals surface area contributed by atoms with Crippen molar-refractivity contribution in [1.82, 2.24) is 25.2 Å². The standard InChI is InChI=1S/C18H13N7O5S3/c26-15(11-31-18-21-22-23-24(18)12-4-2-1-3-5-12)20-17-19-10-16(32-17)33(29,30)14-8-6-13(7-9-14)25(27)28/h1-10H,11H2,(H,19,20,26). The number of nitro benzene ring substituents is 1. The van der Waals surface area contributed by atoms with Crippen molar-refractivity contribution < 1.29 is 18.1 Å². The van der Waals surface area contributed by atoms with E-state index in [4.69, 9.17) is 0 Å². The van der Waals surface area contributed by atoms with Crippen molar-refractivity contribution in [3.63, 3.8) is 0 Å². The predicted molar refractivity (Wildman–Crippen MR) is 119 cm³/mol. The number of aromatic nitrogens is 5. The predicted octanol–water partition coefficient (Wildman–Crippen LogP) is 2.59. The molecular formula is C18H13N7O5S3. The minimum atomic E-state index is -3.93. The lowest BCUT2D eigenvalue weighted by molar-refractivity contribution is -0.384. The van der Waals surface area contributed by atoms with Crippen molar-refractivity contribution in [2.24, 2.45) is 0 Å². The summed E-state index contributed by atoms with van der Waals surface area (Å²) in [5, 5.41) is 25.3. The van der Waals surface area contributed by atoms with Crippen LogP contribution in [-0.2, 0) is 14.6 Å². The van der Waals surface area contributed by atoms with Gasteiger partial charge in [0, 0.05) is 12.1 Å². The Morgan fingerprint density at radius 3 is 2.58 bits per heavy atom. The van der Waals surface area contributed by atoms with E-state index < -0.39 is 20.7 Å². The molecule has 12 nitrogen and oxygen atoms in total. The lowest BCUT2D eigenvalue weighted by Crippen LogP contribution is -2.14. The molecule has 0 unspecified atom stereocenters. The Bertz CT molecular complexity index is 1400. The first kappa shape index (κ1) is 22.5. The van der Waals surface area contributed by atoms with Crippen molar-refractivity contribution in [2.75, 3.05) is 11.1 Å². The topological polar surface area (TPSA) is 163 Å². The molecule has 0 spiro atoms. The number of carbonyl (C=O) groups is 1. The third kappa shape index (κ3) is 5.05. The zero-order valence-electron chi connectivity index (χ0n) is 16.4. The minimum absolute atomic E-state index is 0.0305. The Hall–Kier alpha value is -3.69. The number of sulfone groups is 1. The van der Waals surface area contributed by atoms with Crippen LogP contribution in [0.5, 0.6) is 0 Å². The highest BCUT2D eigenvalue weighted by atomic mass is 32.2. The lowest BCUT2D eigenvalue weighted by atomic mass is 10.3. The average Bonchev–Trinajstić information content (AvgIpc) is 3.48. The van der Waals surface area contributed by atoms with E-state index >= 15 is 0 Å². The number of hydrogen-bond acceptors (Lipinski definition) is 11. The molecule has 0 radical (unpaired) electrons. The lowest BCUT2D eigenvalue weighted by Gasteiger charge is -2.04. The summed E-state index contributed by atoms with van der Waals surface area (Å²) in [6.45, 7) is 0. The number of benzene rings is 2. The van der Waals surface area contributed by atoms with Crippen LogP contribution in [0.25, 0.3) is 5.69 Å². The van der Waals surface area contributed by atoms with E-state index in [-0.39, 0.29) is 25.7 Å². The molecule has 4 aromatic rings. The monoisotopic (exact) mass is 503 g/mol. The van der Waals surface area contributed by atoms with E-state index in [2.05, 4.69) is 25.8 Å². The number of nitro groups is 1. The highest BCUT2D eigenvalue weighted by Crippen LogP contribution is 2.29. The molecule has 0 saturated carbocycles. The molecule has 168 valence electrons. The van der Waals surface area contributed by atoms with Crippen LogP contribution in [0.3, 0.4) is 0 Å². The zero-order chi connectivity index (χ0) is 23.4. The van der Waals surface area contributed by atoms with Crippen molar-refractivity contribution in [1.29, 1.82) is 0 Å². The van der Waals surface area contributed by atoms with Gasteiger partial charge in [0.1, 0.15) is 4.21 Å². The number of carbonyl (C=O) groups excluding carboxylic acids is 1. The van der Waals surface area contributed by atoms with Gasteiger partial charge in [-0.25, -0.2) is 13.4 Å². The molecule has 2 heterocycles. The molecule has 0 bridgehead atoms. The summed E-state index contributed by atoms with van der Waals surface area (Å²) >= 11 is 1.88. The Balaban J connectivity index is 1.40. The van der Waals surface area contributed by atoms with Gasteiger partial charge in [-0.05, 0) is 34.7 Å². The highest BCUT2D eigenvalue weighted by molar-refractivity contribution is 7.99. The Labute approximate surface area is 194 Å². The Kier molecular flexibility index (Phi) is 6.43. The number of tetrazole rings is 1. The van der Waals surface area contributed by atoms with E-state index in [0.717, 1.165) is 59.2 Å². The summed E-state index contributed by atoms with van der Waals surface area (Å²) in [4.78, 5) is 26.3. The van der Waals surface area contributed by atoms with E-state index in [1.165, 1.54) is 4.68 Å². The van der Waals surface area contributed by atoms with E-state index in [9.17, 15) is 23.3 Å². The van der Waals surface area contributed by atoms with Crippen molar-refractivity contribution in [3.8, 4) is 5.69 Å². The van der Waals surface area contributed by atoms with Gasteiger partial charge < -0.3 is 5.32 Å². The molecule has 0 fully saturated rings. The van der Waals surface area contributed by atoms with Gasteiger partial charge >= 0.3 is 0 Å². The van der Waals surface area contributed by atoms with Crippen LogP contribution < -0.4 is 5.32 Å². The molecular weight excluding hydrogens is 490 g/mol. The van der Waals surface area contributed by atoms with Crippen LogP contribution in [0.2, 0.25) is 0 Å². The van der Waals surface area contributed by atoms with Gasteiger partial charge in [0.2, 0.25) is 20.9 Å². The van der Waals surface area contributed by atoms with Crippen LogP contribution in [0.15, 0.2) is 75.1 Å². The molecule has 0 atom stereocenters. The molecule has 1 amide bonds. The van der Waals surface area contributed by atoms with Crippen molar-refractivity contribution in [3.05, 3.63) is 70.9 Å². The summed E-state index contributed by atoms with van der Waals surface area (Å²) in [7, 11) is -3.93. The maximum atomic E-state index is 12.7. The highest BCUT2D eigenvalue weighted by Gasteiger charge is 2.22. The summed E-state index contributed by atoms with van der Waals surface area (Å²) in [5.41, 5.74) is 0.522. The number of thioether (sulfide) groups is 1. The van der Waals surface area contributed by atoms with Crippen LogP contribution in [-0.4, -0.2) is 50.2 Å².